The molecule has 0 unspecified atom stereocenters. The molecule has 0 spiro atoms. The number of nitrogens with zero attached hydrogens (tertiary/aromatic N) is 2. The molecule has 1 aliphatic carbocycles. The van der Waals surface area contributed by atoms with Crippen LogP contribution in [0, 0.1) is 10.1 Å². The van der Waals surface area contributed by atoms with Crippen molar-refractivity contribution in [2.24, 2.45) is 0 Å². The Balaban J connectivity index is 1.61. The van der Waals surface area contributed by atoms with Gasteiger partial charge in [0.1, 0.15) is 0 Å². The SMILES string of the molecule is O=C(Nc1ccc([N+](=O)[O-])cc1)Nc1nc2c(s1)CCC2. The Morgan fingerprint density at radius 1 is 1.24 bits per heavy atom. The number of urea groups is 1. The van der Waals surface area contributed by atoms with E-state index in [1.54, 1.807) is 0 Å². The number of carbonyl (C=O) groups is 1. The number of thiazole rings is 1. The number of nitrogens with one attached hydrogen (secondary N) is 2. The number of anilines is 2. The number of hydrogen-bond acceptors (Lipinski definition) is 5. The number of nitro groups is 1. The lowest BCUT2D eigenvalue weighted by Crippen LogP contribution is -2.19. The number of nitro benzene ring substituents is 1. The molecule has 0 saturated carbocycles. The standard InChI is InChI=1S/C13H12N4O3S/c18-12(14-8-4-6-9(7-5-8)17(19)20)16-13-15-10-2-1-3-11(10)21-13/h4-7H,1-3H2,(H2,14,15,16,18). The minimum absolute atomic E-state index is 0.0164. The maximum atomic E-state index is 11.8. The summed E-state index contributed by atoms with van der Waals surface area (Å²) in [7, 11) is 0. The first kappa shape index (κ1) is 13.5. The zero-order chi connectivity index (χ0) is 14.8. The normalized spacial score (nSPS) is 12.8. The fourth-order valence-electron chi connectivity index (χ4n) is 2.17. The Morgan fingerprint density at radius 2 is 2.00 bits per heavy atom. The van der Waals surface area contributed by atoms with E-state index in [1.165, 1.54) is 40.5 Å². The van der Waals surface area contributed by atoms with E-state index >= 15 is 0 Å². The molecule has 3 rings (SSSR count). The van der Waals surface area contributed by atoms with Crippen molar-refractivity contribution < 1.29 is 9.72 Å². The number of aromatic nitrogens is 1. The van der Waals surface area contributed by atoms with Gasteiger partial charge in [0.15, 0.2) is 5.13 Å². The maximum Gasteiger partial charge on any atom is 0.325 e. The van der Waals surface area contributed by atoms with Crippen molar-refractivity contribution in [2.75, 3.05) is 10.6 Å². The average molecular weight is 304 g/mol. The number of hydrogen-bond donors (Lipinski definition) is 2. The second-order valence-electron chi connectivity index (χ2n) is 4.63. The zero-order valence-electron chi connectivity index (χ0n) is 11.0. The largest absolute Gasteiger partial charge is 0.325 e. The van der Waals surface area contributed by atoms with E-state index in [0.717, 1.165) is 25.0 Å². The van der Waals surface area contributed by atoms with Crippen LogP contribution in [0.5, 0.6) is 0 Å². The van der Waals surface area contributed by atoms with E-state index in [0.29, 0.717) is 10.8 Å². The lowest BCUT2D eigenvalue weighted by Gasteiger charge is -2.05. The summed E-state index contributed by atoms with van der Waals surface area (Å²) in [5.41, 5.74) is 1.55. The Hall–Kier alpha value is -2.48. The molecular weight excluding hydrogens is 292 g/mol. The molecule has 0 radical (unpaired) electrons. The van der Waals surface area contributed by atoms with Crippen LogP contribution in [0.4, 0.5) is 21.3 Å². The van der Waals surface area contributed by atoms with Crippen LogP contribution >= 0.6 is 11.3 Å². The third-order valence-corrected chi connectivity index (χ3v) is 4.22. The molecule has 108 valence electrons. The summed E-state index contributed by atoms with van der Waals surface area (Å²) in [5.74, 6) is 0. The molecule has 0 aliphatic heterocycles. The van der Waals surface area contributed by atoms with Crippen LogP contribution in [0.1, 0.15) is 17.0 Å². The quantitative estimate of drug-likeness (QED) is 0.672. The minimum Gasteiger partial charge on any atom is -0.308 e. The van der Waals surface area contributed by atoms with Gasteiger partial charge in [-0.05, 0) is 31.4 Å². The first-order valence-electron chi connectivity index (χ1n) is 6.43. The van der Waals surface area contributed by atoms with Crippen LogP contribution in [0.2, 0.25) is 0 Å². The van der Waals surface area contributed by atoms with Gasteiger partial charge in [-0.2, -0.15) is 0 Å². The Bertz CT molecular complexity index is 674. The van der Waals surface area contributed by atoms with Gasteiger partial charge in [-0.1, -0.05) is 0 Å². The Kier molecular flexibility index (Phi) is 3.53. The van der Waals surface area contributed by atoms with Crippen LogP contribution in [0.3, 0.4) is 0 Å². The molecule has 21 heavy (non-hydrogen) atoms. The van der Waals surface area contributed by atoms with E-state index in [-0.39, 0.29) is 5.69 Å². The molecule has 1 aromatic heterocycles. The summed E-state index contributed by atoms with van der Waals surface area (Å²) in [6.45, 7) is 0. The highest BCUT2D eigenvalue weighted by Crippen LogP contribution is 2.30. The van der Waals surface area contributed by atoms with Gasteiger partial charge in [-0.25, -0.2) is 9.78 Å². The van der Waals surface area contributed by atoms with Crippen LogP contribution < -0.4 is 10.6 Å². The number of rotatable bonds is 3. The first-order chi connectivity index (χ1) is 10.1. The fourth-order valence-corrected chi connectivity index (χ4v) is 3.21. The summed E-state index contributed by atoms with van der Waals surface area (Å²) in [4.78, 5) is 27.5. The summed E-state index contributed by atoms with van der Waals surface area (Å²) in [6.07, 6.45) is 3.12. The van der Waals surface area contributed by atoms with Crippen LogP contribution in [-0.2, 0) is 12.8 Å². The maximum absolute atomic E-state index is 11.8. The summed E-state index contributed by atoms with van der Waals surface area (Å²) in [5, 5.41) is 16.4. The zero-order valence-corrected chi connectivity index (χ0v) is 11.8. The van der Waals surface area contributed by atoms with Gasteiger partial charge in [0.25, 0.3) is 5.69 Å². The lowest BCUT2D eigenvalue weighted by molar-refractivity contribution is -0.384. The van der Waals surface area contributed by atoms with E-state index in [9.17, 15) is 14.9 Å². The van der Waals surface area contributed by atoms with E-state index in [1.807, 2.05) is 0 Å². The highest BCUT2D eigenvalue weighted by molar-refractivity contribution is 7.15. The monoisotopic (exact) mass is 304 g/mol. The van der Waals surface area contributed by atoms with Gasteiger partial charge in [-0.3, -0.25) is 15.4 Å². The summed E-state index contributed by atoms with van der Waals surface area (Å²) >= 11 is 1.49. The van der Waals surface area contributed by atoms with Crippen molar-refractivity contribution in [1.29, 1.82) is 0 Å². The van der Waals surface area contributed by atoms with E-state index in [2.05, 4.69) is 15.6 Å². The van der Waals surface area contributed by atoms with Gasteiger partial charge in [0, 0.05) is 22.7 Å². The van der Waals surface area contributed by atoms with Crippen LogP contribution in [0.25, 0.3) is 0 Å². The predicted octanol–water partition coefficient (Wildman–Crippen LogP) is 3.18. The molecular formula is C13H12N4O3S. The van der Waals surface area contributed by atoms with Crippen molar-refractivity contribution in [2.45, 2.75) is 19.3 Å². The Labute approximate surface area is 124 Å². The van der Waals surface area contributed by atoms with Crippen LogP contribution in [0.15, 0.2) is 24.3 Å². The van der Waals surface area contributed by atoms with Crippen LogP contribution in [-0.4, -0.2) is 15.9 Å². The minimum atomic E-state index is -0.485. The van der Waals surface area contributed by atoms with E-state index in [4.69, 9.17) is 0 Å². The highest BCUT2D eigenvalue weighted by Gasteiger charge is 2.17. The lowest BCUT2D eigenvalue weighted by atomic mass is 10.3. The van der Waals surface area contributed by atoms with Crippen molar-refractivity contribution in [3.63, 3.8) is 0 Å². The van der Waals surface area contributed by atoms with E-state index < -0.39 is 11.0 Å². The topological polar surface area (TPSA) is 97.2 Å². The molecule has 0 bridgehead atoms. The molecule has 2 amide bonds. The molecule has 2 N–H and O–H groups in total. The highest BCUT2D eigenvalue weighted by atomic mass is 32.1. The Morgan fingerprint density at radius 3 is 2.67 bits per heavy atom. The van der Waals surface area contributed by atoms with Gasteiger partial charge in [0.2, 0.25) is 0 Å². The van der Waals surface area contributed by atoms with Gasteiger partial charge in [0.05, 0.1) is 10.6 Å². The molecule has 0 atom stereocenters. The van der Waals surface area contributed by atoms with Crippen molar-refractivity contribution >= 4 is 33.9 Å². The molecule has 1 aliphatic rings. The molecule has 2 aromatic rings. The molecule has 1 heterocycles. The van der Waals surface area contributed by atoms with Crippen molar-refractivity contribution in [3.05, 3.63) is 45.0 Å². The number of carbonyl (C=O) groups excluding carboxylic acids is 1. The average Bonchev–Trinajstić information content (AvgIpc) is 3.00. The second kappa shape index (κ2) is 5.49. The molecule has 8 heteroatoms. The van der Waals surface area contributed by atoms with Gasteiger partial charge in [-0.15, -0.1) is 11.3 Å². The third-order valence-electron chi connectivity index (χ3n) is 3.15. The number of non-ortho nitro benzene ring substituents is 1. The first-order valence-corrected chi connectivity index (χ1v) is 7.24. The number of benzene rings is 1. The molecule has 0 fully saturated rings. The summed E-state index contributed by atoms with van der Waals surface area (Å²) in [6, 6.07) is 5.25. The fraction of sp³-hybridized carbons (Fsp3) is 0.231. The molecule has 1 aromatic carbocycles. The van der Waals surface area contributed by atoms with Crippen molar-refractivity contribution in [1.82, 2.24) is 4.98 Å². The third kappa shape index (κ3) is 3.00. The number of amides is 2. The van der Waals surface area contributed by atoms with Gasteiger partial charge < -0.3 is 5.32 Å². The summed E-state index contributed by atoms with van der Waals surface area (Å²) < 4.78 is 0. The second-order valence-corrected chi connectivity index (χ2v) is 5.71. The molecule has 7 nitrogen and oxygen atoms in total. The van der Waals surface area contributed by atoms with Crippen molar-refractivity contribution in [3.8, 4) is 0 Å². The number of aryl methyl sites for hydroxylation is 2. The molecule has 0 saturated heterocycles. The number of fused-ring (bicyclic) bond motifs is 1. The predicted molar refractivity (Wildman–Crippen MR) is 79.9 cm³/mol. The smallest absolute Gasteiger partial charge is 0.308 e. The van der Waals surface area contributed by atoms with Gasteiger partial charge >= 0.3 is 6.03 Å².